The van der Waals surface area contributed by atoms with Crippen molar-refractivity contribution in [3.63, 3.8) is 0 Å². The second-order valence-electron chi connectivity index (χ2n) is 6.63. The van der Waals surface area contributed by atoms with Crippen LogP contribution >= 0.6 is 0 Å². The van der Waals surface area contributed by atoms with Gasteiger partial charge >= 0.3 is 137 Å². The Bertz CT molecular complexity index is 1650. The van der Waals surface area contributed by atoms with E-state index in [1.165, 1.54) is 72.8 Å². The van der Waals surface area contributed by atoms with Crippen molar-refractivity contribution in [1.82, 2.24) is 0 Å². The molecule has 0 saturated heterocycles. The summed E-state index contributed by atoms with van der Waals surface area (Å²) in [5.41, 5.74) is 0. The van der Waals surface area contributed by atoms with E-state index in [2.05, 4.69) is 0 Å². The molecule has 0 radical (unpaired) electrons. The van der Waals surface area contributed by atoms with Gasteiger partial charge in [-0.25, -0.2) is 0 Å². The van der Waals surface area contributed by atoms with Crippen LogP contribution in [0, 0.1) is 26.7 Å². The fourth-order valence-corrected chi connectivity index (χ4v) is 8.30. The maximum atomic E-state index is 9.36. The van der Waals surface area contributed by atoms with Gasteiger partial charge in [0.25, 0.3) is 0 Å². The van der Waals surface area contributed by atoms with E-state index in [9.17, 15) is 26.7 Å². The quantitative estimate of drug-likeness (QED) is 0.359. The van der Waals surface area contributed by atoms with E-state index >= 15 is 0 Å². The van der Waals surface area contributed by atoms with Crippen LogP contribution < -0.4 is 13.6 Å². The first-order valence-corrected chi connectivity index (χ1v) is 11.6. The molecular formula is C18H21N6Ni. The SMILES string of the molecule is [NH]=[Ni](=[NH])(=[NH])(=[NH])(=[NH])(=[NH])([c]1ccccc1)([c]1ccccc1)[c]1ccccc1. The Hall–Kier alpha value is -3.05. The van der Waals surface area contributed by atoms with Crippen molar-refractivity contribution in [2.45, 2.75) is 0 Å². The molecule has 0 spiro atoms. The molecule has 3 aromatic rings. The van der Waals surface area contributed by atoms with E-state index in [-0.39, 0.29) is 0 Å². The Morgan fingerprint density at radius 3 is 0.760 bits per heavy atom. The minimum absolute atomic E-state index is 0.653. The molecule has 6 nitrogen and oxygen atoms in total. The Morgan fingerprint density at radius 2 is 0.560 bits per heavy atom. The maximum absolute atomic E-state index is 9.36. The van der Waals surface area contributed by atoms with Gasteiger partial charge < -0.3 is 0 Å². The fraction of sp³-hybridized carbons (Fsp3) is 0. The van der Waals surface area contributed by atoms with Crippen LogP contribution in [0.2, 0.25) is 0 Å². The predicted molar refractivity (Wildman–Crippen MR) is 94.5 cm³/mol. The Kier molecular flexibility index (Phi) is 1.73. The van der Waals surface area contributed by atoms with Crippen LogP contribution in [0.5, 0.6) is 0 Å². The first-order valence-electron chi connectivity index (χ1n) is 7.16. The number of rotatable bonds is 3. The van der Waals surface area contributed by atoms with Crippen LogP contribution in [0.3, 0.4) is 0 Å². The van der Waals surface area contributed by atoms with Crippen LogP contribution in [0.1, 0.15) is 0 Å². The van der Waals surface area contributed by atoms with Gasteiger partial charge in [0.15, 0.2) is 0 Å². The van der Waals surface area contributed by atoms with E-state index in [1.807, 2.05) is 0 Å². The Balaban J connectivity index is 3.12. The van der Waals surface area contributed by atoms with Gasteiger partial charge in [-0.15, -0.1) is 0 Å². The monoisotopic (exact) mass is 379 g/mol. The molecule has 0 aliphatic rings. The zero-order valence-electron chi connectivity index (χ0n) is 13.5. The molecule has 6 N–H and O–H groups in total. The minimum atomic E-state index is -9.36. The van der Waals surface area contributed by atoms with Crippen molar-refractivity contribution >= 4 is 13.6 Å². The third-order valence-corrected chi connectivity index (χ3v) is 12.2. The number of benzene rings is 3. The van der Waals surface area contributed by atoms with Crippen LogP contribution in [0.25, 0.3) is 0 Å². The molecule has 3 aromatic carbocycles. The van der Waals surface area contributed by atoms with Gasteiger partial charge in [0.2, 0.25) is 0 Å². The molecule has 0 aliphatic carbocycles. The molecule has 25 heavy (non-hydrogen) atoms. The van der Waals surface area contributed by atoms with Crippen molar-refractivity contribution in [3.05, 3.63) is 91.0 Å². The van der Waals surface area contributed by atoms with Crippen molar-refractivity contribution in [3.8, 4) is 0 Å². The van der Waals surface area contributed by atoms with Gasteiger partial charge in [0, 0.05) is 0 Å². The predicted octanol–water partition coefficient (Wildman–Crippen LogP) is 4.37. The molecule has 7 heteroatoms. The second kappa shape index (κ2) is 2.57. The molecule has 0 heterocycles. The Morgan fingerprint density at radius 1 is 0.360 bits per heavy atom. The average molecular weight is 380 g/mol. The van der Waals surface area contributed by atoms with Gasteiger partial charge in [-0.2, -0.15) is 0 Å². The van der Waals surface area contributed by atoms with Crippen LogP contribution in [-0.2, 0) is 6.07 Å². The van der Waals surface area contributed by atoms with Crippen molar-refractivity contribution < 1.29 is 6.07 Å². The molecule has 0 aliphatic heterocycles. The van der Waals surface area contributed by atoms with Crippen LogP contribution in [0.15, 0.2) is 91.0 Å². The summed E-state index contributed by atoms with van der Waals surface area (Å²) in [6.07, 6.45) is -9.36. The van der Waals surface area contributed by atoms with Crippen molar-refractivity contribution in [2.75, 3.05) is 0 Å². The van der Waals surface area contributed by atoms with E-state index in [1.54, 1.807) is 18.2 Å². The molecule has 0 saturated carbocycles. The van der Waals surface area contributed by atoms with Gasteiger partial charge in [-0.05, 0) is 0 Å². The second-order valence-corrected chi connectivity index (χ2v) is 17.2. The van der Waals surface area contributed by atoms with E-state index in [0.29, 0.717) is 0 Å². The third kappa shape index (κ3) is 1.58. The molecule has 133 valence electrons. The summed E-state index contributed by atoms with van der Waals surface area (Å²) in [6.45, 7) is 0. The summed E-state index contributed by atoms with van der Waals surface area (Å²) in [7, 11) is 0. The standard InChI is InChI=1S/3C6H5.6HN.Ni/c3*1-2-4-6-5-3-1;;;;;;;/h3*1-5H;6*1H;. The number of nitrogens with one attached hydrogen (secondary N) is 6. The molecular weight excluding hydrogens is 359 g/mol. The van der Waals surface area contributed by atoms with Gasteiger partial charge in [-0.1, -0.05) is 0 Å². The van der Waals surface area contributed by atoms with E-state index in [4.69, 9.17) is 0 Å². The summed E-state index contributed by atoms with van der Waals surface area (Å²) in [6, 6.07) is 20.6. The Labute approximate surface area is 137 Å². The number of hydrogen-bond acceptors (Lipinski definition) is 6. The summed E-state index contributed by atoms with van der Waals surface area (Å²) in [4.78, 5) is 0. The molecule has 0 fully saturated rings. The molecule has 0 amide bonds. The van der Waals surface area contributed by atoms with Gasteiger partial charge in [0.1, 0.15) is 0 Å². The van der Waals surface area contributed by atoms with Gasteiger partial charge in [0.05, 0.1) is 0 Å². The van der Waals surface area contributed by atoms with Crippen LogP contribution in [0.4, 0.5) is 0 Å². The normalized spacial score (nSPS) is 20.4. The molecule has 0 atom stereocenters. The zero-order valence-corrected chi connectivity index (χ0v) is 14.5. The molecule has 0 aromatic heterocycles. The van der Waals surface area contributed by atoms with E-state index < -0.39 is 19.7 Å². The first kappa shape index (κ1) is 16.8. The fourth-order valence-electron chi connectivity index (χ4n) is 2.79. The first-order chi connectivity index (χ1) is 11.0. The third-order valence-electron chi connectivity index (χ3n) is 4.33. The average Bonchev–Trinajstić information content (AvgIpc) is 2.57. The molecule has 0 bridgehead atoms. The molecule has 0 unspecified atom stereocenters. The van der Waals surface area contributed by atoms with E-state index in [0.717, 1.165) is 0 Å². The van der Waals surface area contributed by atoms with Crippen molar-refractivity contribution in [1.29, 1.82) is 26.7 Å². The van der Waals surface area contributed by atoms with Gasteiger partial charge in [-0.3, -0.25) is 0 Å². The van der Waals surface area contributed by atoms with Crippen molar-refractivity contribution in [2.24, 2.45) is 0 Å². The number of hydrogen-bond donors (Lipinski definition) is 6. The summed E-state index contributed by atoms with van der Waals surface area (Å²) >= 11 is 0. The summed E-state index contributed by atoms with van der Waals surface area (Å²) in [5, 5.41) is 0. The topological polar surface area (TPSA) is 143 Å². The van der Waals surface area contributed by atoms with Crippen LogP contribution in [-0.4, -0.2) is 0 Å². The zero-order chi connectivity index (χ0) is 18.7. The summed E-state index contributed by atoms with van der Waals surface area (Å²) in [5.74, 6) is 0. The molecule has 3 rings (SSSR count). The summed E-state index contributed by atoms with van der Waals surface area (Å²) < 4.78 is 54.2.